The van der Waals surface area contributed by atoms with Crippen LogP contribution in [-0.2, 0) is 0 Å². The summed E-state index contributed by atoms with van der Waals surface area (Å²) in [6.45, 7) is -1.31. The molecule has 3 N–H and O–H groups in total. The average molecular weight is 309 g/mol. The fourth-order valence-corrected chi connectivity index (χ4v) is 1.94. The maximum Gasteiger partial charge on any atom is 0.406 e. The van der Waals surface area contributed by atoms with E-state index in [-0.39, 0.29) is 16.5 Å². The first kappa shape index (κ1) is 14.9. The van der Waals surface area contributed by atoms with Crippen molar-refractivity contribution in [1.82, 2.24) is 9.88 Å². The highest BCUT2D eigenvalue weighted by atomic mass is 35.5. The first-order valence-corrected chi connectivity index (χ1v) is 6.20. The summed E-state index contributed by atoms with van der Waals surface area (Å²) < 4.78 is 37.6. The minimum Gasteiger partial charge on any atom is -0.325 e. The molecule has 1 saturated carbocycles. The van der Waals surface area contributed by atoms with Crippen molar-refractivity contribution < 1.29 is 18.0 Å². The molecule has 1 aromatic rings. The maximum atomic E-state index is 12.5. The van der Waals surface area contributed by atoms with Crippen molar-refractivity contribution in [3.05, 3.63) is 22.8 Å². The lowest BCUT2D eigenvalue weighted by Gasteiger charge is -2.23. The van der Waals surface area contributed by atoms with E-state index < -0.39 is 24.7 Å². The number of nitrogens with zero attached hydrogens (tertiary/aromatic N) is 2. The summed E-state index contributed by atoms with van der Waals surface area (Å²) in [5.74, 6) is 4.47. The van der Waals surface area contributed by atoms with Gasteiger partial charge in [0.15, 0.2) is 0 Å². The monoisotopic (exact) mass is 308 g/mol. The molecule has 1 aromatic heterocycles. The molecular formula is C11H12ClF3N4O. The lowest BCUT2D eigenvalue weighted by molar-refractivity contribution is -0.141. The van der Waals surface area contributed by atoms with Gasteiger partial charge < -0.3 is 10.3 Å². The van der Waals surface area contributed by atoms with Crippen LogP contribution in [0.5, 0.6) is 0 Å². The van der Waals surface area contributed by atoms with Crippen LogP contribution in [-0.4, -0.2) is 34.6 Å². The Kier molecular flexibility index (Phi) is 4.05. The molecule has 110 valence electrons. The van der Waals surface area contributed by atoms with Crippen LogP contribution >= 0.6 is 11.6 Å². The number of nitrogens with one attached hydrogen (secondary N) is 1. The van der Waals surface area contributed by atoms with Crippen LogP contribution < -0.4 is 11.3 Å². The molecule has 0 aliphatic heterocycles. The molecule has 9 heteroatoms. The van der Waals surface area contributed by atoms with Crippen LogP contribution in [0.2, 0.25) is 5.02 Å². The van der Waals surface area contributed by atoms with Crippen molar-refractivity contribution in [3.63, 3.8) is 0 Å². The average Bonchev–Trinajstić information content (AvgIpc) is 3.19. The molecule has 1 heterocycles. The van der Waals surface area contributed by atoms with Crippen LogP contribution in [0.1, 0.15) is 23.3 Å². The maximum absolute atomic E-state index is 12.5. The predicted octanol–water partition coefficient (Wildman–Crippen LogP) is 2.19. The zero-order valence-corrected chi connectivity index (χ0v) is 11.0. The number of hydrogen-bond acceptors (Lipinski definition) is 4. The zero-order chi connectivity index (χ0) is 14.9. The molecule has 0 bridgehead atoms. The molecule has 2 rings (SSSR count). The number of hydrogen-bond donors (Lipinski definition) is 2. The summed E-state index contributed by atoms with van der Waals surface area (Å²) >= 11 is 5.83. The van der Waals surface area contributed by atoms with E-state index in [4.69, 9.17) is 17.4 Å². The first-order valence-electron chi connectivity index (χ1n) is 5.82. The number of pyridine rings is 1. The van der Waals surface area contributed by atoms with E-state index >= 15 is 0 Å². The SMILES string of the molecule is NNc1ccc(Cl)c(C(=O)N(CC(F)(F)F)C2CC2)n1. The van der Waals surface area contributed by atoms with Crippen molar-refractivity contribution in [3.8, 4) is 0 Å². The Morgan fingerprint density at radius 3 is 2.65 bits per heavy atom. The second-order valence-electron chi connectivity index (χ2n) is 4.45. The zero-order valence-electron chi connectivity index (χ0n) is 10.2. The molecule has 1 aliphatic rings. The van der Waals surface area contributed by atoms with Crippen molar-refractivity contribution in [2.75, 3.05) is 12.0 Å². The van der Waals surface area contributed by atoms with Crippen LogP contribution in [0.15, 0.2) is 12.1 Å². The number of rotatable bonds is 4. The van der Waals surface area contributed by atoms with Gasteiger partial charge in [0.05, 0.1) is 5.02 Å². The summed E-state index contributed by atoms with van der Waals surface area (Å²) in [5.41, 5.74) is 1.98. The minimum absolute atomic E-state index is 0.0122. The van der Waals surface area contributed by atoms with Gasteiger partial charge in [0, 0.05) is 6.04 Å². The van der Waals surface area contributed by atoms with Gasteiger partial charge in [-0.25, -0.2) is 10.8 Å². The second-order valence-corrected chi connectivity index (χ2v) is 4.86. The summed E-state index contributed by atoms with van der Waals surface area (Å²) in [5, 5.41) is -0.0122. The van der Waals surface area contributed by atoms with Gasteiger partial charge in [-0.3, -0.25) is 4.79 Å². The molecule has 0 unspecified atom stereocenters. The first-order chi connectivity index (χ1) is 9.31. The van der Waals surface area contributed by atoms with Gasteiger partial charge in [0.25, 0.3) is 5.91 Å². The Labute approximate surface area is 117 Å². The molecule has 20 heavy (non-hydrogen) atoms. The number of hydrazine groups is 1. The third-order valence-corrected chi connectivity index (χ3v) is 3.10. The number of carbonyl (C=O) groups excluding carboxylic acids is 1. The molecule has 0 spiro atoms. The smallest absolute Gasteiger partial charge is 0.325 e. The quantitative estimate of drug-likeness (QED) is 0.661. The summed E-state index contributed by atoms with van der Waals surface area (Å²) in [4.78, 5) is 16.8. The largest absolute Gasteiger partial charge is 0.406 e. The highest BCUT2D eigenvalue weighted by Crippen LogP contribution is 2.32. The minimum atomic E-state index is -4.46. The standard InChI is InChI=1S/C11H12ClF3N4O/c12-7-3-4-8(18-16)17-9(7)10(20)19(6-1-2-6)5-11(13,14)15/h3-4,6H,1-2,5,16H2,(H,17,18). The van der Waals surface area contributed by atoms with Crippen molar-refractivity contribution in [2.45, 2.75) is 25.1 Å². The van der Waals surface area contributed by atoms with Gasteiger partial charge in [0.1, 0.15) is 18.1 Å². The van der Waals surface area contributed by atoms with E-state index in [1.54, 1.807) is 0 Å². The Morgan fingerprint density at radius 2 is 2.15 bits per heavy atom. The Hall–Kier alpha value is -1.54. The van der Waals surface area contributed by atoms with E-state index in [9.17, 15) is 18.0 Å². The van der Waals surface area contributed by atoms with E-state index in [1.165, 1.54) is 12.1 Å². The molecule has 0 radical (unpaired) electrons. The Balaban J connectivity index is 2.27. The van der Waals surface area contributed by atoms with Crippen LogP contribution in [0, 0.1) is 0 Å². The topological polar surface area (TPSA) is 71.2 Å². The third-order valence-electron chi connectivity index (χ3n) is 2.79. The third kappa shape index (κ3) is 3.51. The van der Waals surface area contributed by atoms with Gasteiger partial charge in [-0.15, -0.1) is 0 Å². The molecule has 1 amide bonds. The fraction of sp³-hybridized carbons (Fsp3) is 0.455. The van der Waals surface area contributed by atoms with E-state index in [2.05, 4.69) is 10.4 Å². The molecule has 0 saturated heterocycles. The molecule has 1 fully saturated rings. The molecule has 0 atom stereocenters. The lowest BCUT2D eigenvalue weighted by atomic mass is 10.3. The summed E-state index contributed by atoms with van der Waals surface area (Å²) in [7, 11) is 0. The normalized spacial score (nSPS) is 15.1. The predicted molar refractivity (Wildman–Crippen MR) is 67.2 cm³/mol. The van der Waals surface area contributed by atoms with Gasteiger partial charge >= 0.3 is 6.18 Å². The van der Waals surface area contributed by atoms with Gasteiger partial charge in [-0.2, -0.15) is 13.2 Å². The number of aromatic nitrogens is 1. The van der Waals surface area contributed by atoms with Gasteiger partial charge in [-0.05, 0) is 25.0 Å². The van der Waals surface area contributed by atoms with Gasteiger partial charge in [0.2, 0.25) is 0 Å². The van der Waals surface area contributed by atoms with E-state index in [0.717, 1.165) is 4.90 Å². The molecule has 1 aliphatic carbocycles. The second kappa shape index (κ2) is 5.45. The number of nitrogens with two attached hydrogens (primary N) is 1. The number of alkyl halides is 3. The van der Waals surface area contributed by atoms with E-state index in [0.29, 0.717) is 12.8 Å². The van der Waals surface area contributed by atoms with Crippen molar-refractivity contribution in [2.24, 2.45) is 5.84 Å². The number of carbonyl (C=O) groups is 1. The van der Waals surface area contributed by atoms with E-state index in [1.807, 2.05) is 0 Å². The lowest BCUT2D eigenvalue weighted by Crippen LogP contribution is -2.41. The Bertz CT molecular complexity index is 519. The number of amides is 1. The fourth-order valence-electron chi connectivity index (χ4n) is 1.75. The molecular weight excluding hydrogens is 297 g/mol. The van der Waals surface area contributed by atoms with Crippen molar-refractivity contribution in [1.29, 1.82) is 0 Å². The molecule has 0 aromatic carbocycles. The summed E-state index contributed by atoms with van der Waals surface area (Å²) in [6.07, 6.45) is -3.36. The number of nitrogen functional groups attached to an aromatic ring is 1. The van der Waals surface area contributed by atoms with Gasteiger partial charge in [-0.1, -0.05) is 11.6 Å². The Morgan fingerprint density at radius 1 is 1.50 bits per heavy atom. The highest BCUT2D eigenvalue weighted by molar-refractivity contribution is 6.33. The number of halogens is 4. The highest BCUT2D eigenvalue weighted by Gasteiger charge is 2.41. The van der Waals surface area contributed by atoms with Crippen LogP contribution in [0.3, 0.4) is 0 Å². The molecule has 5 nitrogen and oxygen atoms in total. The van der Waals surface area contributed by atoms with Crippen molar-refractivity contribution >= 4 is 23.3 Å². The summed E-state index contributed by atoms with van der Waals surface area (Å²) in [6, 6.07) is 2.37. The van der Waals surface area contributed by atoms with Crippen LogP contribution in [0.4, 0.5) is 19.0 Å². The van der Waals surface area contributed by atoms with Crippen LogP contribution in [0.25, 0.3) is 0 Å². The number of anilines is 1.